The molecule has 3 atom stereocenters. The molecule has 2 aliphatic heterocycles. The lowest BCUT2D eigenvalue weighted by Crippen LogP contribution is -2.49. The van der Waals surface area contributed by atoms with Crippen molar-refractivity contribution in [2.75, 3.05) is 0 Å². The van der Waals surface area contributed by atoms with Gasteiger partial charge in [-0.05, 0) is 32.3 Å². The Morgan fingerprint density at radius 1 is 1.17 bits per heavy atom. The minimum atomic E-state index is -0.808. The fraction of sp³-hybridized carbons (Fsp3) is 0.579. The Morgan fingerprint density at radius 3 is 2.30 bits per heavy atom. The summed E-state index contributed by atoms with van der Waals surface area (Å²) < 4.78 is 5.71. The highest BCUT2D eigenvalue weighted by Crippen LogP contribution is 2.38. The fourth-order valence-electron chi connectivity index (χ4n) is 4.27. The Balaban J connectivity index is 1.64. The number of nitrogens with zero attached hydrogens (tertiary/aromatic N) is 1. The van der Waals surface area contributed by atoms with E-state index in [2.05, 4.69) is 18.7 Å². The molecular weight excluding hydrogens is 290 g/mol. The Bertz CT molecular complexity index is 543. The molecule has 2 fully saturated rings. The molecule has 124 valence electrons. The highest BCUT2D eigenvalue weighted by molar-refractivity contribution is 5.94. The normalized spacial score (nSPS) is 28.6. The molecule has 2 heterocycles. The van der Waals surface area contributed by atoms with Crippen LogP contribution in [0.2, 0.25) is 0 Å². The van der Waals surface area contributed by atoms with Crippen LogP contribution in [0.4, 0.5) is 0 Å². The summed E-state index contributed by atoms with van der Waals surface area (Å²) in [6.07, 6.45) is 4.79. The molecule has 0 spiro atoms. The first-order valence-corrected chi connectivity index (χ1v) is 8.58. The van der Waals surface area contributed by atoms with Crippen molar-refractivity contribution >= 4 is 12.3 Å². The smallest absolute Gasteiger partial charge is 0.320 e. The number of fused-ring (bicyclic) bond motifs is 2. The number of ether oxygens (including phenoxy) is 1. The number of carbonyl (C=O) groups excluding carboxylic acids is 2. The number of aldehydes is 1. The molecule has 2 bridgehead atoms. The van der Waals surface area contributed by atoms with Crippen molar-refractivity contribution in [3.63, 3.8) is 0 Å². The van der Waals surface area contributed by atoms with E-state index < -0.39 is 11.9 Å². The predicted octanol–water partition coefficient (Wildman–Crippen LogP) is 2.92. The molecule has 0 N–H and O–H groups in total. The van der Waals surface area contributed by atoms with Crippen LogP contribution in [0.3, 0.4) is 0 Å². The monoisotopic (exact) mass is 315 g/mol. The Kier molecular flexibility index (Phi) is 4.81. The summed E-state index contributed by atoms with van der Waals surface area (Å²) in [5.74, 6) is -1.22. The second-order valence-electron chi connectivity index (χ2n) is 6.98. The van der Waals surface area contributed by atoms with Crippen molar-refractivity contribution in [3.8, 4) is 0 Å². The zero-order valence-electron chi connectivity index (χ0n) is 13.9. The number of esters is 1. The standard InChI is InChI=1S/C19H25NO3/c1-13(2)20-15-8-9-16(20)11-17(10-15)23-19(22)18(12-21)14-6-4-3-5-7-14/h3-7,12-13,15-18H,8-11H2,1-2H3. The van der Waals surface area contributed by atoms with Crippen LogP contribution in [0.25, 0.3) is 0 Å². The van der Waals surface area contributed by atoms with E-state index in [0.717, 1.165) is 12.8 Å². The van der Waals surface area contributed by atoms with Crippen LogP contribution in [0.5, 0.6) is 0 Å². The number of hydrogen-bond donors (Lipinski definition) is 0. The van der Waals surface area contributed by atoms with E-state index in [1.165, 1.54) is 12.8 Å². The number of hydrogen-bond acceptors (Lipinski definition) is 4. The van der Waals surface area contributed by atoms with Gasteiger partial charge in [-0.25, -0.2) is 0 Å². The lowest BCUT2D eigenvalue weighted by atomic mass is 9.97. The van der Waals surface area contributed by atoms with E-state index >= 15 is 0 Å². The summed E-state index contributed by atoms with van der Waals surface area (Å²) in [6.45, 7) is 4.46. The maximum absolute atomic E-state index is 12.4. The van der Waals surface area contributed by atoms with Crippen molar-refractivity contribution in [2.45, 2.75) is 69.7 Å². The zero-order chi connectivity index (χ0) is 16.4. The largest absolute Gasteiger partial charge is 0.461 e. The Hall–Kier alpha value is -1.68. The maximum Gasteiger partial charge on any atom is 0.320 e. The predicted molar refractivity (Wildman–Crippen MR) is 88.1 cm³/mol. The molecule has 0 saturated carbocycles. The lowest BCUT2D eigenvalue weighted by Gasteiger charge is -2.41. The number of carbonyl (C=O) groups is 2. The molecule has 3 unspecified atom stereocenters. The molecule has 4 nitrogen and oxygen atoms in total. The summed E-state index contributed by atoms with van der Waals surface area (Å²) in [5.41, 5.74) is 0.704. The van der Waals surface area contributed by atoms with Crippen LogP contribution in [0.15, 0.2) is 30.3 Å². The van der Waals surface area contributed by atoms with Gasteiger partial charge >= 0.3 is 5.97 Å². The molecule has 4 heteroatoms. The molecule has 0 radical (unpaired) electrons. The first-order valence-electron chi connectivity index (χ1n) is 8.58. The van der Waals surface area contributed by atoms with Gasteiger partial charge in [0, 0.05) is 31.0 Å². The minimum Gasteiger partial charge on any atom is -0.461 e. The van der Waals surface area contributed by atoms with Gasteiger partial charge < -0.3 is 9.53 Å². The third kappa shape index (κ3) is 3.32. The fourth-order valence-corrected chi connectivity index (χ4v) is 4.27. The average molecular weight is 315 g/mol. The second kappa shape index (κ2) is 6.83. The highest BCUT2D eigenvalue weighted by Gasteiger charge is 2.43. The summed E-state index contributed by atoms with van der Waals surface area (Å²) in [5, 5.41) is 0. The average Bonchev–Trinajstić information content (AvgIpc) is 2.81. The van der Waals surface area contributed by atoms with Gasteiger partial charge in [-0.15, -0.1) is 0 Å². The summed E-state index contributed by atoms with van der Waals surface area (Å²) in [6, 6.07) is 10.7. The third-order valence-electron chi connectivity index (χ3n) is 5.17. The Labute approximate surface area is 137 Å². The van der Waals surface area contributed by atoms with Gasteiger partial charge in [0.2, 0.25) is 0 Å². The third-order valence-corrected chi connectivity index (χ3v) is 5.17. The summed E-state index contributed by atoms with van der Waals surface area (Å²) in [4.78, 5) is 26.4. The number of benzene rings is 1. The van der Waals surface area contributed by atoms with Gasteiger partial charge in [0.15, 0.2) is 0 Å². The summed E-state index contributed by atoms with van der Waals surface area (Å²) >= 11 is 0. The van der Waals surface area contributed by atoms with Crippen LogP contribution in [0.1, 0.15) is 51.0 Å². The topological polar surface area (TPSA) is 46.6 Å². The molecule has 0 amide bonds. The van der Waals surface area contributed by atoms with Crippen LogP contribution in [-0.2, 0) is 14.3 Å². The number of rotatable bonds is 5. The van der Waals surface area contributed by atoms with Crippen LogP contribution in [-0.4, -0.2) is 41.4 Å². The first kappa shape index (κ1) is 16.2. The minimum absolute atomic E-state index is 0.0545. The van der Waals surface area contributed by atoms with Crippen molar-refractivity contribution in [1.82, 2.24) is 4.90 Å². The van der Waals surface area contributed by atoms with Gasteiger partial charge in [-0.2, -0.15) is 0 Å². The van der Waals surface area contributed by atoms with Gasteiger partial charge in [0.25, 0.3) is 0 Å². The highest BCUT2D eigenvalue weighted by atomic mass is 16.5. The Morgan fingerprint density at radius 2 is 1.78 bits per heavy atom. The molecule has 1 aromatic rings. The quantitative estimate of drug-likeness (QED) is 0.476. The van der Waals surface area contributed by atoms with Crippen LogP contribution < -0.4 is 0 Å². The van der Waals surface area contributed by atoms with Crippen molar-refractivity contribution in [2.24, 2.45) is 0 Å². The van der Waals surface area contributed by atoms with E-state index in [4.69, 9.17) is 4.74 Å². The molecule has 2 saturated heterocycles. The van der Waals surface area contributed by atoms with E-state index in [0.29, 0.717) is 30.0 Å². The molecule has 1 aromatic carbocycles. The zero-order valence-corrected chi connectivity index (χ0v) is 13.9. The first-order chi connectivity index (χ1) is 11.1. The van der Waals surface area contributed by atoms with Gasteiger partial charge in [-0.3, -0.25) is 9.69 Å². The molecule has 2 aliphatic rings. The molecule has 3 rings (SSSR count). The SMILES string of the molecule is CC(C)N1C2CCC1CC(OC(=O)C(C=O)c1ccccc1)C2. The summed E-state index contributed by atoms with van der Waals surface area (Å²) in [7, 11) is 0. The van der Waals surface area contributed by atoms with Crippen molar-refractivity contribution < 1.29 is 14.3 Å². The molecular formula is C19H25NO3. The molecule has 0 aromatic heterocycles. The van der Waals surface area contributed by atoms with Gasteiger partial charge in [-0.1, -0.05) is 30.3 Å². The van der Waals surface area contributed by atoms with Gasteiger partial charge in [0.1, 0.15) is 18.3 Å². The van der Waals surface area contributed by atoms with E-state index in [1.807, 2.05) is 18.2 Å². The lowest BCUT2D eigenvalue weighted by molar-refractivity contribution is -0.155. The molecule has 23 heavy (non-hydrogen) atoms. The molecule has 0 aliphatic carbocycles. The van der Waals surface area contributed by atoms with E-state index in [1.54, 1.807) is 12.1 Å². The van der Waals surface area contributed by atoms with E-state index in [-0.39, 0.29) is 6.10 Å². The van der Waals surface area contributed by atoms with Crippen LogP contribution >= 0.6 is 0 Å². The maximum atomic E-state index is 12.4. The van der Waals surface area contributed by atoms with E-state index in [9.17, 15) is 9.59 Å². The number of piperidine rings is 1. The van der Waals surface area contributed by atoms with Crippen molar-refractivity contribution in [1.29, 1.82) is 0 Å². The van der Waals surface area contributed by atoms with Gasteiger partial charge in [0.05, 0.1) is 0 Å². The van der Waals surface area contributed by atoms with Crippen molar-refractivity contribution in [3.05, 3.63) is 35.9 Å². The van der Waals surface area contributed by atoms with Crippen LogP contribution in [0, 0.1) is 0 Å². The second-order valence-corrected chi connectivity index (χ2v) is 6.98.